The molecule has 1 aliphatic heterocycles. The third kappa shape index (κ3) is 5.00. The van der Waals surface area contributed by atoms with Gasteiger partial charge in [0.15, 0.2) is 18.1 Å². The van der Waals surface area contributed by atoms with Crippen molar-refractivity contribution in [1.82, 2.24) is 5.43 Å². The van der Waals surface area contributed by atoms with E-state index in [1.54, 1.807) is 50.2 Å². The molecular weight excluding hydrogens is 416 g/mol. The van der Waals surface area contributed by atoms with Crippen LogP contribution in [0.3, 0.4) is 0 Å². The van der Waals surface area contributed by atoms with E-state index in [9.17, 15) is 14.4 Å². The maximum atomic E-state index is 12.8. The lowest BCUT2D eigenvalue weighted by molar-refractivity contribution is -0.149. The Bertz CT molecular complexity index is 1020. The highest BCUT2D eigenvalue weighted by Gasteiger charge is 2.34. The van der Waals surface area contributed by atoms with E-state index >= 15 is 0 Å². The first-order chi connectivity index (χ1) is 15.3. The Morgan fingerprint density at radius 1 is 1.06 bits per heavy atom. The Balaban J connectivity index is 1.88. The third-order valence-corrected chi connectivity index (χ3v) is 4.40. The molecule has 0 aromatic heterocycles. The molecule has 1 fully saturated rings. The summed E-state index contributed by atoms with van der Waals surface area (Å²) in [6.45, 7) is 3.14. The fourth-order valence-corrected chi connectivity index (χ4v) is 3.04. The molecule has 32 heavy (non-hydrogen) atoms. The Hall–Kier alpha value is -4.01. The van der Waals surface area contributed by atoms with Crippen molar-refractivity contribution in [3.8, 4) is 17.2 Å². The number of para-hydroxylation sites is 1. The maximum Gasteiger partial charge on any atom is 0.344 e. The van der Waals surface area contributed by atoms with Crippen molar-refractivity contribution in [2.45, 2.75) is 20.0 Å². The van der Waals surface area contributed by atoms with E-state index in [-0.39, 0.29) is 35.5 Å². The van der Waals surface area contributed by atoms with Crippen molar-refractivity contribution >= 4 is 29.5 Å². The van der Waals surface area contributed by atoms with Crippen LogP contribution in [0.5, 0.6) is 17.2 Å². The van der Waals surface area contributed by atoms with Crippen LogP contribution in [-0.4, -0.2) is 44.7 Å². The number of nitrogens with zero attached hydrogens (tertiary/aromatic N) is 1. The van der Waals surface area contributed by atoms with Gasteiger partial charge < -0.3 is 18.9 Å². The van der Waals surface area contributed by atoms with Crippen LogP contribution in [-0.2, 0) is 19.1 Å². The number of nitrogens with one attached hydrogen (secondary N) is 1. The number of hydrogen-bond donors (Lipinski definition) is 1. The minimum absolute atomic E-state index is 0.0489. The second-order valence-corrected chi connectivity index (χ2v) is 7.06. The van der Waals surface area contributed by atoms with Crippen molar-refractivity contribution in [3.63, 3.8) is 0 Å². The summed E-state index contributed by atoms with van der Waals surface area (Å²) in [4.78, 5) is 37.0. The number of carbonyl (C=O) groups is 3. The van der Waals surface area contributed by atoms with E-state index in [1.165, 1.54) is 25.3 Å². The van der Waals surface area contributed by atoms with Gasteiger partial charge in [0.25, 0.3) is 11.8 Å². The van der Waals surface area contributed by atoms with E-state index in [1.807, 2.05) is 6.07 Å². The van der Waals surface area contributed by atoms with Crippen LogP contribution >= 0.6 is 0 Å². The Morgan fingerprint density at radius 2 is 1.69 bits per heavy atom. The van der Waals surface area contributed by atoms with Crippen LogP contribution in [0.15, 0.2) is 48.0 Å². The van der Waals surface area contributed by atoms with Crippen LogP contribution in [0.2, 0.25) is 0 Å². The molecule has 9 nitrogen and oxygen atoms in total. The molecule has 1 N–H and O–H groups in total. The molecule has 0 unspecified atom stereocenters. The molecule has 1 aliphatic rings. The fourth-order valence-electron chi connectivity index (χ4n) is 3.04. The second kappa shape index (κ2) is 9.86. The van der Waals surface area contributed by atoms with Gasteiger partial charge in [0.1, 0.15) is 5.57 Å². The predicted molar refractivity (Wildman–Crippen MR) is 116 cm³/mol. The summed E-state index contributed by atoms with van der Waals surface area (Å²) >= 11 is 0. The van der Waals surface area contributed by atoms with Crippen molar-refractivity contribution < 1.29 is 33.3 Å². The Labute approximate surface area is 185 Å². The van der Waals surface area contributed by atoms with E-state index in [4.69, 9.17) is 18.9 Å². The average Bonchev–Trinajstić information content (AvgIpc) is 3.05. The number of anilines is 1. The Morgan fingerprint density at radius 3 is 2.25 bits per heavy atom. The first-order valence-electron chi connectivity index (χ1n) is 9.84. The van der Waals surface area contributed by atoms with E-state index in [0.717, 1.165) is 0 Å². The molecule has 0 radical (unpaired) electrons. The zero-order valence-electron chi connectivity index (χ0n) is 18.2. The molecule has 1 heterocycles. The highest BCUT2D eigenvalue weighted by Crippen LogP contribution is 2.39. The van der Waals surface area contributed by atoms with Gasteiger partial charge in [-0.05, 0) is 49.8 Å². The molecule has 1 saturated heterocycles. The molecule has 2 aromatic rings. The highest BCUT2D eigenvalue weighted by atomic mass is 16.6. The van der Waals surface area contributed by atoms with E-state index < -0.39 is 17.8 Å². The van der Waals surface area contributed by atoms with Crippen LogP contribution in [0, 0.1) is 0 Å². The number of hydrazine groups is 1. The number of carbonyl (C=O) groups excluding carboxylic acids is 3. The molecule has 0 aliphatic carbocycles. The van der Waals surface area contributed by atoms with Gasteiger partial charge in [-0.1, -0.05) is 18.2 Å². The van der Waals surface area contributed by atoms with Gasteiger partial charge >= 0.3 is 5.97 Å². The number of ether oxygens (including phenoxy) is 4. The molecule has 168 valence electrons. The molecule has 3 rings (SSSR count). The lowest BCUT2D eigenvalue weighted by Gasteiger charge is -2.16. The quantitative estimate of drug-likeness (QED) is 0.382. The summed E-state index contributed by atoms with van der Waals surface area (Å²) in [6.07, 6.45) is 1.16. The Kier molecular flexibility index (Phi) is 6.99. The largest absolute Gasteiger partial charge is 0.493 e. The molecule has 9 heteroatoms. The first kappa shape index (κ1) is 22.7. The fraction of sp³-hybridized carbons (Fsp3) is 0.261. The molecule has 2 amide bonds. The molecule has 0 saturated carbocycles. The molecular formula is C23H24N2O7. The summed E-state index contributed by atoms with van der Waals surface area (Å²) in [5.41, 5.74) is 3.52. The summed E-state index contributed by atoms with van der Waals surface area (Å²) < 4.78 is 21.4. The first-order valence-corrected chi connectivity index (χ1v) is 9.84. The molecule has 2 aromatic carbocycles. The van der Waals surface area contributed by atoms with Gasteiger partial charge in [-0.25, -0.2) is 9.80 Å². The van der Waals surface area contributed by atoms with E-state index in [0.29, 0.717) is 11.3 Å². The summed E-state index contributed by atoms with van der Waals surface area (Å²) in [5.74, 6) is -0.835. The number of rotatable bonds is 8. The van der Waals surface area contributed by atoms with Crippen LogP contribution < -0.4 is 24.6 Å². The lowest BCUT2D eigenvalue weighted by atomic mass is 10.1. The smallest absolute Gasteiger partial charge is 0.344 e. The molecule has 0 bridgehead atoms. The van der Waals surface area contributed by atoms with Gasteiger partial charge in [-0.2, -0.15) is 0 Å². The zero-order chi connectivity index (χ0) is 23.3. The zero-order valence-corrected chi connectivity index (χ0v) is 18.2. The summed E-state index contributed by atoms with van der Waals surface area (Å²) in [7, 11) is 2.85. The SMILES string of the molecule is COc1cc(/C=C2/C(=O)NN(c3ccccc3)C2=O)cc(OC)c1OCC(=O)OC(C)C. The van der Waals surface area contributed by atoms with Gasteiger partial charge in [0, 0.05) is 0 Å². The van der Waals surface area contributed by atoms with Crippen molar-refractivity contribution in [1.29, 1.82) is 0 Å². The highest BCUT2D eigenvalue weighted by molar-refractivity contribution is 6.31. The van der Waals surface area contributed by atoms with Crippen LogP contribution in [0.25, 0.3) is 6.08 Å². The standard InChI is InChI=1S/C23H24N2O7/c1-14(2)32-20(26)13-31-21-18(29-3)11-15(12-19(21)30-4)10-17-22(27)24-25(23(17)28)16-8-6-5-7-9-16/h5-12,14H,13H2,1-4H3,(H,24,27)/b17-10-. The van der Waals surface area contributed by atoms with E-state index in [2.05, 4.69) is 5.43 Å². The normalized spacial score (nSPS) is 14.5. The van der Waals surface area contributed by atoms with Gasteiger partial charge in [-0.3, -0.25) is 15.0 Å². The number of hydrogen-bond acceptors (Lipinski definition) is 7. The van der Waals surface area contributed by atoms with Crippen LogP contribution in [0.1, 0.15) is 19.4 Å². The topological polar surface area (TPSA) is 103 Å². The second-order valence-electron chi connectivity index (χ2n) is 7.06. The van der Waals surface area contributed by atoms with Crippen molar-refractivity contribution in [2.75, 3.05) is 25.8 Å². The third-order valence-electron chi connectivity index (χ3n) is 4.40. The number of esters is 1. The van der Waals surface area contributed by atoms with Gasteiger partial charge in [0.2, 0.25) is 5.75 Å². The van der Waals surface area contributed by atoms with Crippen LogP contribution in [0.4, 0.5) is 5.69 Å². The molecule has 0 spiro atoms. The molecule has 0 atom stereocenters. The number of methoxy groups -OCH3 is 2. The summed E-state index contributed by atoms with van der Waals surface area (Å²) in [5, 5.41) is 1.18. The van der Waals surface area contributed by atoms with Crippen molar-refractivity contribution in [2.24, 2.45) is 0 Å². The number of amides is 2. The summed E-state index contributed by atoms with van der Waals surface area (Å²) in [6, 6.07) is 11.9. The number of benzene rings is 2. The van der Waals surface area contributed by atoms with Crippen molar-refractivity contribution in [3.05, 3.63) is 53.6 Å². The van der Waals surface area contributed by atoms with Gasteiger partial charge in [0.05, 0.1) is 26.0 Å². The lowest BCUT2D eigenvalue weighted by Crippen LogP contribution is -2.35. The minimum atomic E-state index is -0.537. The monoisotopic (exact) mass is 440 g/mol. The van der Waals surface area contributed by atoms with Gasteiger partial charge in [-0.15, -0.1) is 0 Å². The minimum Gasteiger partial charge on any atom is -0.493 e. The maximum absolute atomic E-state index is 12.8. The predicted octanol–water partition coefficient (Wildman–Crippen LogP) is 2.50. The average molecular weight is 440 g/mol.